The molecule has 1 aromatic carbocycles. The van der Waals surface area contributed by atoms with Gasteiger partial charge in [-0.2, -0.15) is 0 Å². The molecule has 1 aromatic rings. The predicted molar refractivity (Wildman–Crippen MR) is 112 cm³/mol. The average molecular weight is 410 g/mol. The lowest BCUT2D eigenvalue weighted by atomic mass is 9.94. The number of β-amino-alcohol motifs (C(OH)–C–C–N with tert-alkyl or cyclic N) is 1. The zero-order chi connectivity index (χ0) is 21.4. The van der Waals surface area contributed by atoms with Crippen LogP contribution in [0.15, 0.2) is 24.3 Å². The molecule has 0 aromatic heterocycles. The average Bonchev–Trinajstić information content (AvgIpc) is 2.71. The highest BCUT2D eigenvalue weighted by Crippen LogP contribution is 2.19. The smallest absolute Gasteiger partial charge is 0.251 e. The van der Waals surface area contributed by atoms with Crippen molar-refractivity contribution in [2.45, 2.75) is 50.0 Å². The molecule has 0 saturated carbocycles. The van der Waals surface area contributed by atoms with Gasteiger partial charge in [-0.1, -0.05) is 12.8 Å². The monoisotopic (exact) mass is 409 g/mol. The van der Waals surface area contributed by atoms with E-state index in [9.17, 15) is 25.2 Å². The Kier molecular flexibility index (Phi) is 9.32. The molecule has 0 unspecified atom stereocenters. The first-order chi connectivity index (χ1) is 13.8. The van der Waals surface area contributed by atoms with Gasteiger partial charge >= 0.3 is 0 Å². The number of anilines is 1. The van der Waals surface area contributed by atoms with E-state index in [-0.39, 0.29) is 19.1 Å². The molecule has 0 radical (unpaired) electrons. The van der Waals surface area contributed by atoms with Crippen molar-refractivity contribution < 1.29 is 25.2 Å². The number of aliphatic hydroxyl groups excluding tert-OH is 4. The van der Waals surface area contributed by atoms with E-state index in [1.165, 1.54) is 0 Å². The Morgan fingerprint density at radius 1 is 1.07 bits per heavy atom. The normalized spacial score (nSPS) is 25.0. The van der Waals surface area contributed by atoms with Gasteiger partial charge in [-0.3, -0.25) is 9.69 Å². The number of carbonyl (C=O) groups excluding carboxylic acids is 1. The molecule has 1 amide bonds. The third kappa shape index (κ3) is 6.65. The molecule has 164 valence electrons. The molecule has 2 rings (SSSR count). The number of hydrogen-bond acceptors (Lipinski definition) is 7. The lowest BCUT2D eigenvalue weighted by molar-refractivity contribution is -0.145. The molecule has 1 fully saturated rings. The van der Waals surface area contributed by atoms with E-state index >= 15 is 0 Å². The molecule has 0 bridgehead atoms. The number of nitrogens with zero attached hydrogens (tertiary/aromatic N) is 2. The number of carbonyl (C=O) groups is 1. The SMILES string of the molecule is CN(C)c1ccc(C(=O)NCCCCCCN2C[C@H](O)[C@@H](O)[C@@H](O)[C@H]2CO)cc1. The number of rotatable bonds is 10. The minimum Gasteiger partial charge on any atom is -0.395 e. The summed E-state index contributed by atoms with van der Waals surface area (Å²) in [5.41, 5.74) is 1.70. The van der Waals surface area contributed by atoms with Gasteiger partial charge in [0, 0.05) is 38.4 Å². The van der Waals surface area contributed by atoms with Crippen LogP contribution in [0.5, 0.6) is 0 Å². The summed E-state index contributed by atoms with van der Waals surface area (Å²) < 4.78 is 0. The molecule has 5 N–H and O–H groups in total. The molecule has 8 heteroatoms. The van der Waals surface area contributed by atoms with Crippen LogP contribution in [0.25, 0.3) is 0 Å². The van der Waals surface area contributed by atoms with Gasteiger partial charge in [0.25, 0.3) is 5.91 Å². The number of hydrogen-bond donors (Lipinski definition) is 5. The van der Waals surface area contributed by atoms with Crippen LogP contribution in [-0.4, -0.2) is 95.9 Å². The predicted octanol–water partition coefficient (Wildman–Crippen LogP) is -0.198. The second-order valence-corrected chi connectivity index (χ2v) is 7.90. The molecule has 1 heterocycles. The molecule has 0 spiro atoms. The van der Waals surface area contributed by atoms with Crippen LogP contribution in [0.2, 0.25) is 0 Å². The first-order valence-electron chi connectivity index (χ1n) is 10.3. The van der Waals surface area contributed by atoms with E-state index in [0.717, 1.165) is 31.4 Å². The summed E-state index contributed by atoms with van der Waals surface area (Å²) in [4.78, 5) is 16.0. The minimum atomic E-state index is -1.22. The summed E-state index contributed by atoms with van der Waals surface area (Å²) in [6, 6.07) is 6.93. The van der Waals surface area contributed by atoms with Crippen LogP contribution in [0.3, 0.4) is 0 Å². The number of piperidine rings is 1. The van der Waals surface area contributed by atoms with Gasteiger partial charge in [0.2, 0.25) is 0 Å². The van der Waals surface area contributed by atoms with E-state index in [2.05, 4.69) is 5.32 Å². The molecular formula is C21H35N3O5. The second-order valence-electron chi connectivity index (χ2n) is 7.90. The van der Waals surface area contributed by atoms with Crippen LogP contribution < -0.4 is 10.2 Å². The van der Waals surface area contributed by atoms with Gasteiger partial charge in [0.05, 0.1) is 18.8 Å². The Morgan fingerprint density at radius 3 is 2.34 bits per heavy atom. The molecule has 1 aliphatic rings. The maximum atomic E-state index is 12.2. The topological polar surface area (TPSA) is 117 Å². The van der Waals surface area contributed by atoms with Crippen molar-refractivity contribution in [3.8, 4) is 0 Å². The van der Waals surface area contributed by atoms with E-state index < -0.39 is 24.4 Å². The summed E-state index contributed by atoms with van der Waals surface area (Å²) in [6.45, 7) is 1.23. The zero-order valence-corrected chi connectivity index (χ0v) is 17.4. The number of amides is 1. The molecule has 0 aliphatic carbocycles. The van der Waals surface area contributed by atoms with Gasteiger partial charge in [-0.15, -0.1) is 0 Å². The number of aliphatic hydroxyl groups is 4. The highest BCUT2D eigenvalue weighted by Gasteiger charge is 2.40. The van der Waals surface area contributed by atoms with Crippen molar-refractivity contribution in [2.75, 3.05) is 45.2 Å². The van der Waals surface area contributed by atoms with Gasteiger partial charge in [0.15, 0.2) is 0 Å². The van der Waals surface area contributed by atoms with Crippen LogP contribution in [-0.2, 0) is 0 Å². The van der Waals surface area contributed by atoms with Gasteiger partial charge < -0.3 is 30.6 Å². The fourth-order valence-corrected chi connectivity index (χ4v) is 3.64. The highest BCUT2D eigenvalue weighted by molar-refractivity contribution is 5.94. The van der Waals surface area contributed by atoms with Gasteiger partial charge in [-0.25, -0.2) is 0 Å². The Morgan fingerprint density at radius 2 is 1.72 bits per heavy atom. The second kappa shape index (κ2) is 11.5. The summed E-state index contributed by atoms with van der Waals surface area (Å²) in [6.07, 6.45) is 0.245. The van der Waals surface area contributed by atoms with Crippen LogP contribution >= 0.6 is 0 Å². The van der Waals surface area contributed by atoms with Crippen molar-refractivity contribution in [3.05, 3.63) is 29.8 Å². The van der Waals surface area contributed by atoms with Gasteiger partial charge in [0.1, 0.15) is 12.2 Å². The first kappa shape index (κ1) is 23.6. The van der Waals surface area contributed by atoms with Crippen molar-refractivity contribution in [1.29, 1.82) is 0 Å². The third-order valence-corrected chi connectivity index (χ3v) is 5.52. The molecule has 29 heavy (non-hydrogen) atoms. The Bertz CT molecular complexity index is 625. The van der Waals surface area contributed by atoms with Crippen LogP contribution in [0, 0.1) is 0 Å². The zero-order valence-electron chi connectivity index (χ0n) is 17.4. The Hall–Kier alpha value is -1.71. The number of likely N-dealkylation sites (tertiary alicyclic amines) is 1. The number of unbranched alkanes of at least 4 members (excludes halogenated alkanes) is 3. The fraction of sp³-hybridized carbons (Fsp3) is 0.667. The lowest BCUT2D eigenvalue weighted by Crippen LogP contribution is -2.62. The summed E-state index contributed by atoms with van der Waals surface area (Å²) in [7, 11) is 3.91. The van der Waals surface area contributed by atoms with Crippen LogP contribution in [0.4, 0.5) is 5.69 Å². The fourth-order valence-electron chi connectivity index (χ4n) is 3.64. The highest BCUT2D eigenvalue weighted by atomic mass is 16.4. The standard InChI is InChI=1S/C21H35N3O5/c1-23(2)16-9-7-15(8-10-16)21(29)22-11-5-3-4-6-12-24-13-18(26)20(28)19(27)17(24)14-25/h7-10,17-20,25-28H,3-6,11-14H2,1-2H3,(H,22,29)/t17-,18+,19+,20-/m1/s1. The van der Waals surface area contributed by atoms with E-state index in [0.29, 0.717) is 18.7 Å². The lowest BCUT2D eigenvalue weighted by Gasteiger charge is -2.43. The number of benzene rings is 1. The summed E-state index contributed by atoms with van der Waals surface area (Å²) in [5, 5.41) is 41.9. The summed E-state index contributed by atoms with van der Waals surface area (Å²) >= 11 is 0. The van der Waals surface area contributed by atoms with E-state index in [4.69, 9.17) is 0 Å². The minimum absolute atomic E-state index is 0.0732. The largest absolute Gasteiger partial charge is 0.395 e. The molecular weight excluding hydrogens is 374 g/mol. The van der Waals surface area contributed by atoms with E-state index in [1.54, 1.807) is 0 Å². The van der Waals surface area contributed by atoms with Crippen molar-refractivity contribution >= 4 is 11.6 Å². The van der Waals surface area contributed by atoms with Crippen molar-refractivity contribution in [1.82, 2.24) is 10.2 Å². The number of nitrogens with one attached hydrogen (secondary N) is 1. The maximum absolute atomic E-state index is 12.2. The molecule has 1 saturated heterocycles. The molecule has 8 nitrogen and oxygen atoms in total. The first-order valence-corrected chi connectivity index (χ1v) is 10.3. The van der Waals surface area contributed by atoms with Crippen molar-refractivity contribution in [2.24, 2.45) is 0 Å². The quantitative estimate of drug-likeness (QED) is 0.340. The van der Waals surface area contributed by atoms with Gasteiger partial charge in [-0.05, 0) is 43.7 Å². The third-order valence-electron chi connectivity index (χ3n) is 5.52. The van der Waals surface area contributed by atoms with Crippen LogP contribution in [0.1, 0.15) is 36.0 Å². The molecule has 4 atom stereocenters. The van der Waals surface area contributed by atoms with Crippen molar-refractivity contribution in [3.63, 3.8) is 0 Å². The Labute approximate surface area is 172 Å². The molecule has 1 aliphatic heterocycles. The maximum Gasteiger partial charge on any atom is 0.251 e. The van der Waals surface area contributed by atoms with E-state index in [1.807, 2.05) is 48.2 Å². The summed E-state index contributed by atoms with van der Waals surface area (Å²) in [5.74, 6) is -0.0732. The Balaban J connectivity index is 1.61.